The molecule has 3 aromatic rings. The highest BCUT2D eigenvalue weighted by atomic mass is 32.1. The quantitative estimate of drug-likeness (QED) is 0.574. The van der Waals surface area contributed by atoms with E-state index in [1.54, 1.807) is 17.6 Å². The number of nitrogens with zero attached hydrogens (tertiary/aromatic N) is 3. The summed E-state index contributed by atoms with van der Waals surface area (Å²) in [6.07, 6.45) is 3.02. The van der Waals surface area contributed by atoms with Crippen LogP contribution in [-0.2, 0) is 11.3 Å². The number of carbonyl (C=O) groups excluding carboxylic acids is 1. The van der Waals surface area contributed by atoms with E-state index in [4.69, 9.17) is 0 Å². The summed E-state index contributed by atoms with van der Waals surface area (Å²) in [5, 5.41) is 6.49. The van der Waals surface area contributed by atoms with E-state index in [9.17, 15) is 9.59 Å². The van der Waals surface area contributed by atoms with Crippen molar-refractivity contribution in [2.75, 3.05) is 0 Å². The number of fused-ring (bicyclic) bond motifs is 1. The topological polar surface area (TPSA) is 76.3 Å². The van der Waals surface area contributed by atoms with Gasteiger partial charge in [-0.15, -0.1) is 22.7 Å². The molecule has 3 rings (SSSR count). The van der Waals surface area contributed by atoms with E-state index in [-0.39, 0.29) is 18.0 Å². The Bertz CT molecular complexity index is 997. The van der Waals surface area contributed by atoms with Crippen LogP contribution >= 0.6 is 22.7 Å². The monoisotopic (exact) mass is 360 g/mol. The second-order valence-corrected chi connectivity index (χ2v) is 7.55. The highest BCUT2D eigenvalue weighted by Gasteiger charge is 2.13. The van der Waals surface area contributed by atoms with E-state index < -0.39 is 0 Å². The molecule has 3 heterocycles. The Balaban J connectivity index is 1.75. The Morgan fingerprint density at radius 3 is 2.92 bits per heavy atom. The summed E-state index contributed by atoms with van der Waals surface area (Å²) in [7, 11) is 0. The molecule has 0 aromatic carbocycles. The van der Waals surface area contributed by atoms with E-state index in [1.165, 1.54) is 22.2 Å². The molecule has 0 radical (unpaired) electrons. The summed E-state index contributed by atoms with van der Waals surface area (Å²) in [5.74, 6) is -0.367. The number of amides is 1. The van der Waals surface area contributed by atoms with Gasteiger partial charge in [-0.2, -0.15) is 5.10 Å². The first-order valence-electron chi connectivity index (χ1n) is 7.28. The lowest BCUT2D eigenvalue weighted by Gasteiger charge is -2.04. The van der Waals surface area contributed by atoms with Crippen molar-refractivity contribution in [3.63, 3.8) is 0 Å². The second-order valence-electron chi connectivity index (χ2n) is 5.40. The van der Waals surface area contributed by atoms with Crippen molar-refractivity contribution in [2.24, 2.45) is 5.10 Å². The minimum atomic E-state index is -0.367. The average molecular weight is 360 g/mol. The van der Waals surface area contributed by atoms with Crippen molar-refractivity contribution in [3.05, 3.63) is 49.0 Å². The summed E-state index contributed by atoms with van der Waals surface area (Å²) in [5.41, 5.74) is 4.27. The SMILES string of the molecule is Cc1ccsc1/C=N/NC(=O)Cn1cnc2sc(C)c(C)c2c1=O. The fraction of sp³-hybridized carbons (Fsp3) is 0.250. The van der Waals surface area contributed by atoms with Crippen molar-refractivity contribution in [2.45, 2.75) is 27.3 Å². The minimum absolute atomic E-state index is 0.114. The van der Waals surface area contributed by atoms with Gasteiger partial charge in [0.15, 0.2) is 0 Å². The number of aryl methyl sites for hydroxylation is 3. The zero-order chi connectivity index (χ0) is 17.3. The first-order chi connectivity index (χ1) is 11.5. The molecule has 1 N–H and O–H groups in total. The normalized spacial score (nSPS) is 11.5. The van der Waals surface area contributed by atoms with E-state index in [0.717, 1.165) is 20.9 Å². The third-order valence-corrected chi connectivity index (χ3v) is 5.81. The molecule has 124 valence electrons. The van der Waals surface area contributed by atoms with Crippen LogP contribution in [0.15, 0.2) is 27.7 Å². The van der Waals surface area contributed by atoms with Crippen LogP contribution in [0, 0.1) is 20.8 Å². The predicted molar refractivity (Wildman–Crippen MR) is 98.1 cm³/mol. The molecule has 3 aromatic heterocycles. The van der Waals surface area contributed by atoms with Gasteiger partial charge < -0.3 is 0 Å². The summed E-state index contributed by atoms with van der Waals surface area (Å²) >= 11 is 3.04. The van der Waals surface area contributed by atoms with Gasteiger partial charge in [0, 0.05) is 9.75 Å². The van der Waals surface area contributed by atoms with Crippen LogP contribution in [0.1, 0.15) is 20.9 Å². The van der Waals surface area contributed by atoms with Gasteiger partial charge in [-0.3, -0.25) is 14.2 Å². The highest BCUT2D eigenvalue weighted by molar-refractivity contribution is 7.18. The Kier molecular flexibility index (Phi) is 4.59. The number of hydrazone groups is 1. The number of carbonyl (C=O) groups is 1. The number of rotatable bonds is 4. The molecule has 24 heavy (non-hydrogen) atoms. The zero-order valence-corrected chi connectivity index (χ0v) is 15.1. The van der Waals surface area contributed by atoms with Crippen molar-refractivity contribution in [3.8, 4) is 0 Å². The van der Waals surface area contributed by atoms with Gasteiger partial charge in [0.1, 0.15) is 11.4 Å². The second kappa shape index (κ2) is 6.66. The van der Waals surface area contributed by atoms with Gasteiger partial charge in [0.25, 0.3) is 11.5 Å². The molecule has 0 unspecified atom stereocenters. The average Bonchev–Trinajstić information content (AvgIpc) is 3.07. The minimum Gasteiger partial charge on any atom is -0.289 e. The number of nitrogens with one attached hydrogen (secondary N) is 1. The van der Waals surface area contributed by atoms with Crippen LogP contribution in [0.3, 0.4) is 0 Å². The van der Waals surface area contributed by atoms with Gasteiger partial charge >= 0.3 is 0 Å². The molecule has 0 saturated heterocycles. The molecule has 0 fully saturated rings. The fourth-order valence-corrected chi connectivity index (χ4v) is 4.03. The number of aromatic nitrogens is 2. The lowest BCUT2D eigenvalue weighted by atomic mass is 10.2. The van der Waals surface area contributed by atoms with Crippen LogP contribution in [0.25, 0.3) is 10.2 Å². The van der Waals surface area contributed by atoms with Crippen molar-refractivity contribution >= 4 is 45.0 Å². The van der Waals surface area contributed by atoms with Crippen LogP contribution in [0.5, 0.6) is 0 Å². The maximum absolute atomic E-state index is 12.5. The molecular formula is C16H16N4O2S2. The molecule has 1 amide bonds. The zero-order valence-electron chi connectivity index (χ0n) is 13.5. The summed E-state index contributed by atoms with van der Waals surface area (Å²) in [6.45, 7) is 5.72. The van der Waals surface area contributed by atoms with Gasteiger partial charge in [-0.05, 0) is 43.3 Å². The van der Waals surface area contributed by atoms with Gasteiger partial charge in [0.05, 0.1) is 17.9 Å². The van der Waals surface area contributed by atoms with E-state index in [1.807, 2.05) is 32.2 Å². The van der Waals surface area contributed by atoms with Gasteiger partial charge in [-0.1, -0.05) is 0 Å². The third kappa shape index (κ3) is 3.15. The van der Waals surface area contributed by atoms with Crippen molar-refractivity contribution in [1.29, 1.82) is 0 Å². The molecular weight excluding hydrogens is 344 g/mol. The molecule has 0 aliphatic heterocycles. The molecule has 0 saturated carbocycles. The molecule has 8 heteroatoms. The predicted octanol–water partition coefficient (Wildman–Crippen LogP) is 2.60. The molecule has 0 aliphatic carbocycles. The first-order valence-corrected chi connectivity index (χ1v) is 8.98. The summed E-state index contributed by atoms with van der Waals surface area (Å²) < 4.78 is 1.31. The lowest BCUT2D eigenvalue weighted by Crippen LogP contribution is -2.30. The number of hydrogen-bond donors (Lipinski definition) is 1. The molecule has 0 aliphatic rings. The summed E-state index contributed by atoms with van der Waals surface area (Å²) in [4.78, 5) is 31.5. The van der Waals surface area contributed by atoms with E-state index >= 15 is 0 Å². The van der Waals surface area contributed by atoms with Crippen LogP contribution in [0.4, 0.5) is 0 Å². The van der Waals surface area contributed by atoms with Crippen LogP contribution < -0.4 is 11.0 Å². The van der Waals surface area contributed by atoms with E-state index in [2.05, 4.69) is 15.5 Å². The molecule has 0 spiro atoms. The summed E-state index contributed by atoms with van der Waals surface area (Å²) in [6, 6.07) is 1.99. The standard InChI is InChI=1S/C16H16N4O2S2/c1-9-4-5-23-12(9)6-18-19-13(21)7-20-8-17-15-14(16(20)22)10(2)11(3)24-15/h4-6,8H,7H2,1-3H3,(H,19,21)/b18-6+. The number of thiophene rings is 2. The van der Waals surface area contributed by atoms with Crippen LogP contribution in [0.2, 0.25) is 0 Å². The number of hydrogen-bond acceptors (Lipinski definition) is 6. The third-order valence-electron chi connectivity index (χ3n) is 3.74. The maximum Gasteiger partial charge on any atom is 0.262 e. The van der Waals surface area contributed by atoms with E-state index in [0.29, 0.717) is 10.2 Å². The Morgan fingerprint density at radius 1 is 1.42 bits per heavy atom. The Labute approximate surface area is 146 Å². The maximum atomic E-state index is 12.5. The highest BCUT2D eigenvalue weighted by Crippen LogP contribution is 2.25. The van der Waals surface area contributed by atoms with Crippen LogP contribution in [-0.4, -0.2) is 21.7 Å². The van der Waals surface area contributed by atoms with Gasteiger partial charge in [-0.25, -0.2) is 10.4 Å². The van der Waals surface area contributed by atoms with Crippen molar-refractivity contribution in [1.82, 2.24) is 15.0 Å². The fourth-order valence-electron chi connectivity index (χ4n) is 2.25. The Hall–Kier alpha value is -2.32. The molecule has 0 bridgehead atoms. The largest absolute Gasteiger partial charge is 0.289 e. The smallest absolute Gasteiger partial charge is 0.262 e. The molecule has 6 nitrogen and oxygen atoms in total. The molecule has 0 atom stereocenters. The van der Waals surface area contributed by atoms with Crippen molar-refractivity contribution < 1.29 is 4.79 Å². The van der Waals surface area contributed by atoms with Gasteiger partial charge in [0.2, 0.25) is 0 Å². The lowest BCUT2D eigenvalue weighted by molar-refractivity contribution is -0.121. The Morgan fingerprint density at radius 2 is 2.21 bits per heavy atom. The first kappa shape index (κ1) is 16.5.